The van der Waals surface area contributed by atoms with Crippen LogP contribution in [-0.4, -0.2) is 5.91 Å². The summed E-state index contributed by atoms with van der Waals surface area (Å²) in [6.07, 6.45) is 4.22. The Morgan fingerprint density at radius 3 is 2.44 bits per heavy atom. The number of amides is 1. The molecule has 0 aromatic heterocycles. The van der Waals surface area contributed by atoms with Gasteiger partial charge in [-0.2, -0.15) is 0 Å². The largest absolute Gasteiger partial charge is 0.344 e. The first-order valence-corrected chi connectivity index (χ1v) is 6.55. The SMILES string of the molecule is C/C(=C\C(=O)NC(C)(C)c1ccccc1)C1CC1. The molecule has 1 N–H and O–H groups in total. The number of hydrogen-bond acceptors (Lipinski definition) is 1. The van der Waals surface area contributed by atoms with Crippen molar-refractivity contribution < 1.29 is 4.79 Å². The summed E-state index contributed by atoms with van der Waals surface area (Å²) < 4.78 is 0. The normalized spacial score (nSPS) is 16.5. The highest BCUT2D eigenvalue weighted by Gasteiger charge is 2.25. The second kappa shape index (κ2) is 4.97. The van der Waals surface area contributed by atoms with E-state index in [1.165, 1.54) is 18.4 Å². The lowest BCUT2D eigenvalue weighted by molar-refractivity contribution is -0.118. The molecule has 0 spiro atoms. The van der Waals surface area contributed by atoms with E-state index in [1.54, 1.807) is 6.08 Å². The summed E-state index contributed by atoms with van der Waals surface area (Å²) in [5.74, 6) is 0.656. The maximum absolute atomic E-state index is 12.0. The minimum Gasteiger partial charge on any atom is -0.344 e. The predicted molar refractivity (Wildman–Crippen MR) is 74.1 cm³/mol. The van der Waals surface area contributed by atoms with Crippen LogP contribution in [0, 0.1) is 5.92 Å². The van der Waals surface area contributed by atoms with Crippen LogP contribution in [-0.2, 0) is 10.3 Å². The Balaban J connectivity index is 2.03. The van der Waals surface area contributed by atoms with Crippen molar-refractivity contribution in [2.45, 2.75) is 39.2 Å². The van der Waals surface area contributed by atoms with Gasteiger partial charge in [-0.05, 0) is 45.1 Å². The van der Waals surface area contributed by atoms with Crippen LogP contribution in [0.2, 0.25) is 0 Å². The molecule has 0 atom stereocenters. The molecule has 2 heteroatoms. The first-order chi connectivity index (χ1) is 8.49. The van der Waals surface area contributed by atoms with Crippen LogP contribution in [0.3, 0.4) is 0 Å². The van der Waals surface area contributed by atoms with Crippen molar-refractivity contribution >= 4 is 5.91 Å². The predicted octanol–water partition coefficient (Wildman–Crippen LogP) is 3.39. The van der Waals surface area contributed by atoms with Crippen molar-refractivity contribution in [3.63, 3.8) is 0 Å². The minimum atomic E-state index is -0.335. The van der Waals surface area contributed by atoms with Crippen molar-refractivity contribution in [1.29, 1.82) is 0 Å². The Morgan fingerprint density at radius 1 is 1.28 bits per heavy atom. The molecule has 1 aromatic carbocycles. The Morgan fingerprint density at radius 2 is 1.89 bits per heavy atom. The average molecular weight is 243 g/mol. The molecule has 0 heterocycles. The zero-order valence-electron chi connectivity index (χ0n) is 11.4. The Kier molecular flexibility index (Phi) is 3.55. The zero-order valence-corrected chi connectivity index (χ0v) is 11.4. The van der Waals surface area contributed by atoms with Gasteiger partial charge < -0.3 is 5.32 Å². The molecule has 1 amide bonds. The number of hydrogen-bond donors (Lipinski definition) is 1. The second-order valence-corrected chi connectivity index (χ2v) is 5.64. The fraction of sp³-hybridized carbons (Fsp3) is 0.438. The fourth-order valence-corrected chi connectivity index (χ4v) is 2.13. The van der Waals surface area contributed by atoms with Gasteiger partial charge in [0.25, 0.3) is 0 Å². The lowest BCUT2D eigenvalue weighted by Gasteiger charge is -2.26. The van der Waals surface area contributed by atoms with E-state index in [9.17, 15) is 4.79 Å². The number of nitrogens with one attached hydrogen (secondary N) is 1. The monoisotopic (exact) mass is 243 g/mol. The van der Waals surface area contributed by atoms with Crippen molar-refractivity contribution in [1.82, 2.24) is 5.32 Å². The third-order valence-corrected chi connectivity index (χ3v) is 3.51. The van der Waals surface area contributed by atoms with Crippen molar-refractivity contribution in [3.05, 3.63) is 47.5 Å². The highest BCUT2D eigenvalue weighted by atomic mass is 16.1. The van der Waals surface area contributed by atoms with Gasteiger partial charge in [0.1, 0.15) is 0 Å². The van der Waals surface area contributed by atoms with Crippen molar-refractivity contribution in [2.75, 3.05) is 0 Å². The zero-order chi connectivity index (χ0) is 13.2. The second-order valence-electron chi connectivity index (χ2n) is 5.64. The molecule has 18 heavy (non-hydrogen) atoms. The van der Waals surface area contributed by atoms with E-state index in [4.69, 9.17) is 0 Å². The van der Waals surface area contributed by atoms with E-state index in [0.717, 1.165) is 5.56 Å². The molecular weight excluding hydrogens is 222 g/mol. The summed E-state index contributed by atoms with van der Waals surface area (Å²) in [5, 5.41) is 3.07. The average Bonchev–Trinajstić information content (AvgIpc) is 3.13. The van der Waals surface area contributed by atoms with E-state index in [2.05, 4.69) is 5.32 Å². The topological polar surface area (TPSA) is 29.1 Å². The summed E-state index contributed by atoms with van der Waals surface area (Å²) in [6, 6.07) is 10.1. The molecule has 1 saturated carbocycles. The highest BCUT2D eigenvalue weighted by Crippen LogP contribution is 2.35. The molecule has 0 aliphatic heterocycles. The van der Waals surface area contributed by atoms with Crippen molar-refractivity contribution in [3.8, 4) is 0 Å². The van der Waals surface area contributed by atoms with E-state index < -0.39 is 0 Å². The quantitative estimate of drug-likeness (QED) is 0.807. The Labute approximate surface area is 109 Å². The van der Waals surface area contributed by atoms with Crippen LogP contribution >= 0.6 is 0 Å². The van der Waals surface area contributed by atoms with Gasteiger partial charge in [-0.15, -0.1) is 0 Å². The lowest BCUT2D eigenvalue weighted by Crippen LogP contribution is -2.40. The standard InChI is InChI=1S/C16H21NO/c1-12(13-9-10-13)11-15(18)17-16(2,3)14-7-5-4-6-8-14/h4-8,11,13H,9-10H2,1-3H3,(H,17,18)/b12-11+. The number of carbonyl (C=O) groups excluding carboxylic acids is 1. The lowest BCUT2D eigenvalue weighted by atomic mass is 9.94. The van der Waals surface area contributed by atoms with E-state index in [-0.39, 0.29) is 11.4 Å². The van der Waals surface area contributed by atoms with Gasteiger partial charge in [-0.1, -0.05) is 35.9 Å². The van der Waals surface area contributed by atoms with Gasteiger partial charge in [-0.25, -0.2) is 0 Å². The summed E-state index contributed by atoms with van der Waals surface area (Å²) >= 11 is 0. The van der Waals surface area contributed by atoms with Crippen LogP contribution < -0.4 is 5.32 Å². The highest BCUT2D eigenvalue weighted by molar-refractivity contribution is 5.89. The third-order valence-electron chi connectivity index (χ3n) is 3.51. The number of benzene rings is 1. The molecular formula is C16H21NO. The minimum absolute atomic E-state index is 0.00764. The van der Waals surface area contributed by atoms with Gasteiger partial charge >= 0.3 is 0 Å². The first kappa shape index (κ1) is 12.9. The van der Waals surface area contributed by atoms with Crippen LogP contribution in [0.5, 0.6) is 0 Å². The fourth-order valence-electron chi connectivity index (χ4n) is 2.13. The number of allylic oxidation sites excluding steroid dienone is 1. The third kappa shape index (κ3) is 3.22. The van der Waals surface area contributed by atoms with E-state index >= 15 is 0 Å². The van der Waals surface area contributed by atoms with Crippen LogP contribution in [0.4, 0.5) is 0 Å². The number of rotatable bonds is 4. The van der Waals surface area contributed by atoms with Gasteiger partial charge in [0.2, 0.25) is 5.91 Å². The Bertz CT molecular complexity index is 455. The summed E-state index contributed by atoms with van der Waals surface area (Å²) in [5.41, 5.74) is 1.99. The molecule has 0 saturated heterocycles. The molecule has 0 radical (unpaired) electrons. The smallest absolute Gasteiger partial charge is 0.244 e. The molecule has 2 nitrogen and oxygen atoms in total. The molecule has 1 aliphatic rings. The molecule has 1 aromatic rings. The van der Waals surface area contributed by atoms with Crippen molar-refractivity contribution in [2.24, 2.45) is 5.92 Å². The maximum atomic E-state index is 12.0. The van der Waals surface area contributed by atoms with E-state index in [0.29, 0.717) is 5.92 Å². The molecule has 0 bridgehead atoms. The van der Waals surface area contributed by atoms with Crippen LogP contribution in [0.15, 0.2) is 42.0 Å². The Hall–Kier alpha value is -1.57. The van der Waals surface area contributed by atoms with Gasteiger partial charge in [0.05, 0.1) is 5.54 Å². The molecule has 1 aliphatic carbocycles. The molecule has 1 fully saturated rings. The van der Waals surface area contributed by atoms with Crippen LogP contribution in [0.25, 0.3) is 0 Å². The molecule has 0 unspecified atom stereocenters. The number of carbonyl (C=O) groups is 1. The molecule has 2 rings (SSSR count). The van der Waals surface area contributed by atoms with Gasteiger partial charge in [0.15, 0.2) is 0 Å². The van der Waals surface area contributed by atoms with Crippen LogP contribution in [0.1, 0.15) is 39.2 Å². The van der Waals surface area contributed by atoms with E-state index in [1.807, 2.05) is 51.1 Å². The van der Waals surface area contributed by atoms with Gasteiger partial charge in [-0.3, -0.25) is 4.79 Å². The molecule has 96 valence electrons. The summed E-state index contributed by atoms with van der Waals surface area (Å²) in [6.45, 7) is 6.10. The first-order valence-electron chi connectivity index (χ1n) is 6.55. The maximum Gasteiger partial charge on any atom is 0.244 e. The summed E-state index contributed by atoms with van der Waals surface area (Å²) in [4.78, 5) is 12.0. The van der Waals surface area contributed by atoms with Gasteiger partial charge in [0, 0.05) is 6.08 Å². The summed E-state index contributed by atoms with van der Waals surface area (Å²) in [7, 11) is 0.